The lowest BCUT2D eigenvalue weighted by atomic mass is 9.87. The van der Waals surface area contributed by atoms with Gasteiger partial charge in [-0.25, -0.2) is 4.79 Å². The molecule has 1 aliphatic carbocycles. The normalized spacial score (nSPS) is 19.5. The Morgan fingerprint density at radius 2 is 1.76 bits per heavy atom. The Hall–Kier alpha value is -2.49. The SMILES string of the molecule is Cc1cccc2c1Oc1ccccc1C2N(C(=O)O)C1CCCCC1. The Morgan fingerprint density at radius 3 is 2.52 bits per heavy atom. The molecule has 4 nitrogen and oxygen atoms in total. The van der Waals surface area contributed by atoms with Gasteiger partial charge in [-0.1, -0.05) is 55.7 Å². The van der Waals surface area contributed by atoms with Gasteiger partial charge in [-0.2, -0.15) is 0 Å². The molecule has 0 bridgehead atoms. The Morgan fingerprint density at radius 1 is 1.04 bits per heavy atom. The molecule has 1 saturated carbocycles. The largest absolute Gasteiger partial charge is 0.465 e. The first-order valence-electron chi connectivity index (χ1n) is 9.04. The number of carbonyl (C=O) groups is 1. The summed E-state index contributed by atoms with van der Waals surface area (Å²) in [5.41, 5.74) is 2.92. The zero-order valence-corrected chi connectivity index (χ0v) is 14.4. The van der Waals surface area contributed by atoms with E-state index in [1.54, 1.807) is 4.90 Å². The minimum absolute atomic E-state index is 0.0655. The molecule has 4 heteroatoms. The van der Waals surface area contributed by atoms with Gasteiger partial charge in [-0.3, -0.25) is 4.90 Å². The number of nitrogens with zero attached hydrogens (tertiary/aromatic N) is 1. The van der Waals surface area contributed by atoms with Gasteiger partial charge in [0.1, 0.15) is 11.5 Å². The van der Waals surface area contributed by atoms with Crippen LogP contribution in [0.25, 0.3) is 0 Å². The van der Waals surface area contributed by atoms with Crippen LogP contribution in [0, 0.1) is 6.92 Å². The number of aryl methyl sites for hydroxylation is 1. The second-order valence-corrected chi connectivity index (χ2v) is 7.02. The molecule has 1 unspecified atom stereocenters. The van der Waals surface area contributed by atoms with E-state index in [9.17, 15) is 9.90 Å². The van der Waals surface area contributed by atoms with Gasteiger partial charge in [0.15, 0.2) is 0 Å². The van der Waals surface area contributed by atoms with E-state index in [2.05, 4.69) is 0 Å². The average molecular weight is 337 g/mol. The van der Waals surface area contributed by atoms with Crippen LogP contribution >= 0.6 is 0 Å². The van der Waals surface area contributed by atoms with Crippen molar-refractivity contribution in [1.82, 2.24) is 4.90 Å². The van der Waals surface area contributed by atoms with Crippen LogP contribution in [0.3, 0.4) is 0 Å². The summed E-state index contributed by atoms with van der Waals surface area (Å²) in [5, 5.41) is 10.1. The van der Waals surface area contributed by atoms with E-state index in [1.165, 1.54) is 6.42 Å². The third kappa shape index (κ3) is 2.76. The van der Waals surface area contributed by atoms with E-state index >= 15 is 0 Å². The van der Waals surface area contributed by atoms with Crippen molar-refractivity contribution in [2.75, 3.05) is 0 Å². The summed E-state index contributed by atoms with van der Waals surface area (Å²) < 4.78 is 6.14. The van der Waals surface area contributed by atoms with E-state index in [-0.39, 0.29) is 12.1 Å². The second-order valence-electron chi connectivity index (χ2n) is 7.02. The van der Waals surface area contributed by atoms with Crippen molar-refractivity contribution in [1.29, 1.82) is 0 Å². The second kappa shape index (κ2) is 6.43. The molecule has 1 aliphatic heterocycles. The summed E-state index contributed by atoms with van der Waals surface area (Å²) in [6.07, 6.45) is 4.42. The summed E-state index contributed by atoms with van der Waals surface area (Å²) in [7, 11) is 0. The van der Waals surface area contributed by atoms with Gasteiger partial charge in [0, 0.05) is 17.2 Å². The maximum absolute atomic E-state index is 12.3. The summed E-state index contributed by atoms with van der Waals surface area (Å²) in [4.78, 5) is 14.0. The molecule has 130 valence electrons. The molecule has 25 heavy (non-hydrogen) atoms. The van der Waals surface area contributed by atoms with Crippen LogP contribution < -0.4 is 4.74 Å². The molecule has 0 spiro atoms. The van der Waals surface area contributed by atoms with E-state index < -0.39 is 6.09 Å². The standard InChI is InChI=1S/C21H23NO3/c1-14-8-7-12-17-19(16-11-5-6-13-18(16)25-20(14)17)22(21(23)24)15-9-3-2-4-10-15/h5-8,11-13,15,19H,2-4,9-10H2,1H3,(H,23,24). The maximum Gasteiger partial charge on any atom is 0.408 e. The van der Waals surface area contributed by atoms with Crippen molar-refractivity contribution in [3.05, 3.63) is 59.2 Å². The number of fused-ring (bicyclic) bond motifs is 2. The lowest BCUT2D eigenvalue weighted by Gasteiger charge is -2.41. The average Bonchev–Trinajstić information content (AvgIpc) is 2.63. The van der Waals surface area contributed by atoms with E-state index in [4.69, 9.17) is 4.74 Å². The highest BCUT2D eigenvalue weighted by Crippen LogP contribution is 2.48. The Balaban J connectivity index is 1.87. The molecule has 1 fully saturated rings. The predicted molar refractivity (Wildman–Crippen MR) is 96.3 cm³/mol. The first kappa shape index (κ1) is 16.0. The van der Waals surface area contributed by atoms with Crippen LogP contribution in [0.4, 0.5) is 4.79 Å². The quantitative estimate of drug-likeness (QED) is 0.787. The number of carboxylic acid groups (broad SMARTS) is 1. The van der Waals surface area contributed by atoms with E-state index in [0.717, 1.165) is 53.9 Å². The lowest BCUT2D eigenvalue weighted by Crippen LogP contribution is -2.44. The lowest BCUT2D eigenvalue weighted by molar-refractivity contribution is 0.0909. The molecule has 4 rings (SSSR count). The molecule has 2 aromatic rings. The third-order valence-corrected chi connectivity index (χ3v) is 5.43. The van der Waals surface area contributed by atoms with Gasteiger partial charge in [-0.05, 0) is 31.4 Å². The van der Waals surface area contributed by atoms with Crippen LogP contribution in [0.1, 0.15) is 54.8 Å². The van der Waals surface area contributed by atoms with Crippen molar-refractivity contribution < 1.29 is 14.6 Å². The molecule has 1 N–H and O–H groups in total. The van der Waals surface area contributed by atoms with Crippen LogP contribution in [0.5, 0.6) is 11.5 Å². The highest BCUT2D eigenvalue weighted by molar-refractivity contribution is 5.69. The Labute approximate surface area is 148 Å². The van der Waals surface area contributed by atoms with E-state index in [1.807, 2.05) is 49.4 Å². The van der Waals surface area contributed by atoms with Gasteiger partial charge in [0.05, 0.1) is 6.04 Å². The fraction of sp³-hybridized carbons (Fsp3) is 0.381. The molecule has 1 atom stereocenters. The van der Waals surface area contributed by atoms with Gasteiger partial charge >= 0.3 is 6.09 Å². The fourth-order valence-electron chi connectivity index (χ4n) is 4.24. The first-order chi connectivity index (χ1) is 12.2. The number of para-hydroxylation sites is 2. The number of ether oxygens (including phenoxy) is 1. The molecular formula is C21H23NO3. The summed E-state index contributed by atoms with van der Waals surface area (Å²) >= 11 is 0. The van der Waals surface area contributed by atoms with Gasteiger partial charge < -0.3 is 9.84 Å². The number of amides is 1. The zero-order chi connectivity index (χ0) is 17.4. The van der Waals surface area contributed by atoms with Crippen molar-refractivity contribution >= 4 is 6.09 Å². The molecule has 2 aromatic carbocycles. The highest BCUT2D eigenvalue weighted by atomic mass is 16.5. The molecular weight excluding hydrogens is 314 g/mol. The van der Waals surface area contributed by atoms with Gasteiger partial charge in [0.2, 0.25) is 0 Å². The fourth-order valence-corrected chi connectivity index (χ4v) is 4.24. The van der Waals surface area contributed by atoms with Gasteiger partial charge in [0.25, 0.3) is 0 Å². The molecule has 0 saturated heterocycles. The van der Waals surface area contributed by atoms with E-state index in [0.29, 0.717) is 0 Å². The highest BCUT2D eigenvalue weighted by Gasteiger charge is 2.38. The van der Waals surface area contributed by atoms with Crippen LogP contribution in [0.15, 0.2) is 42.5 Å². The summed E-state index contributed by atoms with van der Waals surface area (Å²) in [6.45, 7) is 2.01. The van der Waals surface area contributed by atoms with Crippen LogP contribution in [0.2, 0.25) is 0 Å². The number of hydrogen-bond donors (Lipinski definition) is 1. The van der Waals surface area contributed by atoms with Crippen molar-refractivity contribution in [2.45, 2.75) is 51.1 Å². The summed E-state index contributed by atoms with van der Waals surface area (Å²) in [5.74, 6) is 1.56. The molecule has 0 aromatic heterocycles. The minimum Gasteiger partial charge on any atom is -0.465 e. The van der Waals surface area contributed by atoms with Crippen LogP contribution in [-0.2, 0) is 0 Å². The maximum atomic E-state index is 12.3. The minimum atomic E-state index is -0.846. The monoisotopic (exact) mass is 337 g/mol. The third-order valence-electron chi connectivity index (χ3n) is 5.43. The molecule has 1 amide bonds. The zero-order valence-electron chi connectivity index (χ0n) is 14.4. The van der Waals surface area contributed by atoms with Gasteiger partial charge in [-0.15, -0.1) is 0 Å². The Kier molecular flexibility index (Phi) is 4.12. The first-order valence-corrected chi connectivity index (χ1v) is 9.04. The number of benzene rings is 2. The Bertz CT molecular complexity index is 795. The number of hydrogen-bond acceptors (Lipinski definition) is 2. The van der Waals surface area contributed by atoms with Crippen molar-refractivity contribution in [2.24, 2.45) is 0 Å². The predicted octanol–water partition coefficient (Wildman–Crippen LogP) is 5.50. The molecule has 2 aliphatic rings. The van der Waals surface area contributed by atoms with Crippen molar-refractivity contribution in [3.63, 3.8) is 0 Å². The topological polar surface area (TPSA) is 49.8 Å². The molecule has 1 heterocycles. The van der Waals surface area contributed by atoms with Crippen molar-refractivity contribution in [3.8, 4) is 11.5 Å². The smallest absolute Gasteiger partial charge is 0.408 e. The number of rotatable bonds is 2. The van der Waals surface area contributed by atoms with Crippen LogP contribution in [-0.4, -0.2) is 22.1 Å². The molecule has 0 radical (unpaired) electrons. The summed E-state index contributed by atoms with van der Waals surface area (Å²) in [6, 6.07) is 13.6.